The number of fused-ring (bicyclic) bond motifs is 2. The number of anilines is 2. The molecule has 0 spiro atoms. The first-order valence-corrected chi connectivity index (χ1v) is 14.8. The summed E-state index contributed by atoms with van der Waals surface area (Å²) >= 11 is 2.49. The highest BCUT2D eigenvalue weighted by molar-refractivity contribution is 8.00. The summed E-state index contributed by atoms with van der Waals surface area (Å²) in [5.74, 6) is -1.48. The molecular formula is C25H30ClN9O5S2. The Morgan fingerprint density at radius 3 is 2.86 bits per heavy atom. The third kappa shape index (κ3) is 6.01. The number of aliphatic carboxylic acids is 1. The van der Waals surface area contributed by atoms with Gasteiger partial charge in [0.25, 0.3) is 11.8 Å². The summed E-state index contributed by atoms with van der Waals surface area (Å²) in [7, 11) is 0. The first kappa shape index (κ1) is 31.1. The van der Waals surface area contributed by atoms with E-state index < -0.39 is 29.2 Å². The van der Waals surface area contributed by atoms with E-state index in [0.717, 1.165) is 35.8 Å². The van der Waals surface area contributed by atoms with Gasteiger partial charge in [0.2, 0.25) is 11.5 Å². The number of oxime groups is 1. The van der Waals surface area contributed by atoms with Crippen LogP contribution >= 0.6 is 35.5 Å². The third-order valence-corrected chi connectivity index (χ3v) is 8.55. The van der Waals surface area contributed by atoms with Gasteiger partial charge in [0.15, 0.2) is 10.8 Å². The molecule has 42 heavy (non-hydrogen) atoms. The molecular weight excluding hydrogens is 606 g/mol. The number of amides is 2. The Kier molecular flexibility index (Phi) is 9.93. The number of nitrogens with one attached hydrogen (secondary N) is 2. The molecule has 224 valence electrons. The predicted octanol–water partition coefficient (Wildman–Crippen LogP) is -0.707. The minimum atomic E-state index is -1.45. The van der Waals surface area contributed by atoms with Gasteiger partial charge in [-0.05, 0) is 31.5 Å². The molecule has 1 saturated heterocycles. The van der Waals surface area contributed by atoms with E-state index in [-0.39, 0.29) is 47.8 Å². The van der Waals surface area contributed by atoms with E-state index in [9.17, 15) is 19.5 Å². The number of nitrogen functional groups attached to an aromatic ring is 1. The zero-order valence-electron chi connectivity index (χ0n) is 22.5. The van der Waals surface area contributed by atoms with Crippen molar-refractivity contribution in [2.75, 3.05) is 36.5 Å². The Morgan fingerprint density at radius 2 is 2.17 bits per heavy atom. The fraction of sp³-hybridized carbons (Fsp3) is 0.360. The average Bonchev–Trinajstić information content (AvgIpc) is 3.58. The Labute approximate surface area is 255 Å². The molecule has 5 rings (SSSR count). The SMILES string of the molecule is CCO/N=C(\C(=O)N[C@@H]1C(=O)N2C(C(=O)[O-])=C(Cn3cc[n+]4c(NCCCN)cccc34)CS[C@@H]12)c1csc(N)n1.Cl. The minimum absolute atomic E-state index is 0. The molecule has 0 radical (unpaired) electrons. The van der Waals surface area contributed by atoms with Crippen LogP contribution in [0.3, 0.4) is 0 Å². The molecule has 3 aromatic rings. The zero-order valence-corrected chi connectivity index (χ0v) is 25.0. The van der Waals surface area contributed by atoms with E-state index in [1.165, 1.54) is 16.7 Å². The summed E-state index contributed by atoms with van der Waals surface area (Å²) in [6, 6.07) is 4.81. The van der Waals surface area contributed by atoms with Crippen molar-refractivity contribution >= 4 is 75.6 Å². The molecule has 0 unspecified atom stereocenters. The van der Waals surface area contributed by atoms with Crippen LogP contribution in [-0.4, -0.2) is 74.8 Å². The number of imidazole rings is 1. The van der Waals surface area contributed by atoms with Gasteiger partial charge in [-0.2, -0.15) is 0 Å². The fourth-order valence-corrected chi connectivity index (χ4v) is 6.54. The van der Waals surface area contributed by atoms with Gasteiger partial charge in [-0.25, -0.2) is 9.38 Å². The normalized spacial score (nSPS) is 18.3. The van der Waals surface area contributed by atoms with E-state index in [2.05, 4.69) is 20.8 Å². The summed E-state index contributed by atoms with van der Waals surface area (Å²) in [6.45, 7) is 3.46. The van der Waals surface area contributed by atoms with E-state index in [1.54, 1.807) is 12.3 Å². The zero-order chi connectivity index (χ0) is 29.1. The number of carboxylic acids is 1. The molecule has 0 bridgehead atoms. The van der Waals surface area contributed by atoms with Gasteiger partial charge in [0, 0.05) is 23.3 Å². The maximum absolute atomic E-state index is 13.2. The molecule has 0 saturated carbocycles. The quantitative estimate of drug-likeness (QED) is 0.0649. The molecule has 14 nitrogen and oxygen atoms in total. The number of nitrogens with zero attached hydrogens (tertiary/aromatic N) is 5. The van der Waals surface area contributed by atoms with Crippen LogP contribution in [0.4, 0.5) is 10.9 Å². The van der Waals surface area contributed by atoms with Crippen LogP contribution in [0.5, 0.6) is 0 Å². The van der Waals surface area contributed by atoms with Crippen molar-refractivity contribution in [1.29, 1.82) is 0 Å². The van der Waals surface area contributed by atoms with Crippen molar-refractivity contribution in [2.24, 2.45) is 10.9 Å². The van der Waals surface area contributed by atoms with E-state index in [4.69, 9.17) is 16.3 Å². The monoisotopic (exact) mass is 635 g/mol. The largest absolute Gasteiger partial charge is 0.543 e. The average molecular weight is 636 g/mol. The number of carbonyl (C=O) groups is 3. The number of aromatic nitrogens is 3. The highest BCUT2D eigenvalue weighted by Gasteiger charge is 2.53. The highest BCUT2D eigenvalue weighted by Crippen LogP contribution is 2.40. The molecule has 5 heterocycles. The number of nitrogens with two attached hydrogens (primary N) is 2. The smallest absolute Gasteiger partial charge is 0.276 e. The number of pyridine rings is 1. The Balaban J connectivity index is 0.00000405. The second kappa shape index (κ2) is 13.4. The Hall–Kier alpha value is -3.86. The summed E-state index contributed by atoms with van der Waals surface area (Å²) in [5.41, 5.74) is 12.6. The number of thioether (sulfide) groups is 1. The Morgan fingerprint density at radius 1 is 1.36 bits per heavy atom. The molecule has 0 aromatic carbocycles. The maximum atomic E-state index is 13.2. The molecule has 1 fully saturated rings. The Bertz CT molecular complexity index is 1560. The standard InChI is InChI=1S/C25H29N9O5S2.ClH/c1-2-39-31-18(15-13-41-25(27)29-15)21(35)30-19-22(36)34-20(24(37)38)14(12-40-23(19)34)11-32-9-10-33-16(28-8-4-7-26)5-3-6-17(32)33;/h3,5-6,9-10,13,19,23H,2,4,7-8,11-12,26H2,1H3,(H4,27,29,30,35,37,38);1H/b31-18-;/t19-,23+;/m1./s1. The highest BCUT2D eigenvalue weighted by atomic mass is 35.5. The van der Waals surface area contributed by atoms with Gasteiger partial charge in [0.05, 0.1) is 31.0 Å². The second-order valence-corrected chi connectivity index (χ2v) is 11.2. The van der Waals surface area contributed by atoms with Gasteiger partial charge in [-0.3, -0.25) is 19.1 Å². The lowest BCUT2D eigenvalue weighted by Crippen LogP contribution is -2.71. The number of hydrogen-bond donors (Lipinski definition) is 4. The van der Waals surface area contributed by atoms with Crippen LogP contribution in [0.2, 0.25) is 0 Å². The van der Waals surface area contributed by atoms with Gasteiger partial charge in [-0.15, -0.1) is 35.5 Å². The molecule has 2 aliphatic rings. The van der Waals surface area contributed by atoms with Gasteiger partial charge >= 0.3 is 0 Å². The van der Waals surface area contributed by atoms with Gasteiger partial charge < -0.3 is 36.8 Å². The summed E-state index contributed by atoms with van der Waals surface area (Å²) in [6.07, 6.45) is 4.56. The number of thiazole rings is 1. The minimum Gasteiger partial charge on any atom is -0.543 e. The number of halogens is 1. The topological polar surface area (TPSA) is 197 Å². The lowest BCUT2D eigenvalue weighted by molar-refractivity contribution is -0.494. The first-order valence-electron chi connectivity index (χ1n) is 12.9. The van der Waals surface area contributed by atoms with Crippen LogP contribution in [0.1, 0.15) is 19.0 Å². The van der Waals surface area contributed by atoms with Crippen molar-refractivity contribution in [3.05, 3.63) is 52.9 Å². The molecule has 2 aliphatic heterocycles. The predicted molar refractivity (Wildman–Crippen MR) is 159 cm³/mol. The molecule has 2 atom stereocenters. The van der Waals surface area contributed by atoms with E-state index >= 15 is 0 Å². The van der Waals surface area contributed by atoms with E-state index in [0.29, 0.717) is 17.9 Å². The van der Waals surface area contributed by atoms with Crippen LogP contribution in [0.25, 0.3) is 5.65 Å². The van der Waals surface area contributed by atoms with Crippen LogP contribution in [0, 0.1) is 0 Å². The van der Waals surface area contributed by atoms with Crippen LogP contribution in [0.15, 0.2) is 52.4 Å². The maximum Gasteiger partial charge on any atom is 0.276 e. The molecule has 0 aliphatic carbocycles. The van der Waals surface area contributed by atoms with Crippen molar-refractivity contribution in [2.45, 2.75) is 31.3 Å². The molecule has 3 aromatic heterocycles. The number of hydrogen-bond acceptors (Lipinski definition) is 12. The molecule has 17 heteroatoms. The molecule has 2 amide bonds. The fourth-order valence-electron chi connectivity index (χ4n) is 4.66. The van der Waals surface area contributed by atoms with Crippen molar-refractivity contribution in [3.63, 3.8) is 0 Å². The second-order valence-electron chi connectivity index (χ2n) is 9.16. The lowest BCUT2D eigenvalue weighted by Gasteiger charge is -2.50. The van der Waals surface area contributed by atoms with E-state index in [1.807, 2.05) is 39.6 Å². The number of carboxylic acid groups (broad SMARTS) is 1. The third-order valence-electron chi connectivity index (χ3n) is 6.54. The number of β-lactam (4-membered cyclic amide) rings is 1. The van der Waals surface area contributed by atoms with Crippen molar-refractivity contribution in [1.82, 2.24) is 19.8 Å². The summed E-state index contributed by atoms with van der Waals surface area (Å²) in [5, 5.41) is 23.3. The number of rotatable bonds is 12. The van der Waals surface area contributed by atoms with Crippen molar-refractivity contribution < 1.29 is 28.7 Å². The van der Waals surface area contributed by atoms with Crippen molar-refractivity contribution in [3.8, 4) is 0 Å². The van der Waals surface area contributed by atoms with Crippen LogP contribution < -0.4 is 31.6 Å². The number of carbonyl (C=O) groups excluding carboxylic acids is 3. The van der Waals surface area contributed by atoms with Gasteiger partial charge in [-0.1, -0.05) is 5.16 Å². The summed E-state index contributed by atoms with van der Waals surface area (Å²) in [4.78, 5) is 48.9. The lowest BCUT2D eigenvalue weighted by atomic mass is 10.0. The first-order chi connectivity index (χ1) is 19.8. The molecule has 6 N–H and O–H groups in total. The van der Waals surface area contributed by atoms with Crippen LogP contribution in [-0.2, 0) is 25.8 Å². The summed E-state index contributed by atoms with van der Waals surface area (Å²) < 4.78 is 3.87. The van der Waals surface area contributed by atoms with Gasteiger partial charge in [0.1, 0.15) is 29.9 Å².